The number of nitrogens with one attached hydrogen (secondary N) is 1. The number of aromatic nitrogens is 1. The SMILES string of the molecule is COc1ccc(S(=O)(=O)N(CC(=O)N/N=C\c2cc(C)n(-c3cc(Cl)ccc3Cl)c2C)c2ccc(C)cc2)cc1OC. The molecule has 0 radical (unpaired) electrons. The first-order chi connectivity index (χ1) is 20.0. The number of amides is 1. The Morgan fingerprint density at radius 1 is 0.952 bits per heavy atom. The molecule has 4 aromatic rings. The molecular weight excluding hydrogens is 599 g/mol. The number of sulfonamides is 1. The molecule has 4 rings (SSSR count). The largest absolute Gasteiger partial charge is 0.493 e. The molecule has 0 atom stereocenters. The fourth-order valence-electron chi connectivity index (χ4n) is 4.42. The van der Waals surface area contributed by atoms with Gasteiger partial charge in [-0.25, -0.2) is 13.8 Å². The summed E-state index contributed by atoms with van der Waals surface area (Å²) in [5, 5.41) is 5.18. The monoisotopic (exact) mass is 628 g/mol. The van der Waals surface area contributed by atoms with E-state index >= 15 is 0 Å². The molecule has 1 N–H and O–H groups in total. The molecule has 0 aliphatic rings. The van der Waals surface area contributed by atoms with Gasteiger partial charge < -0.3 is 14.0 Å². The molecule has 9 nitrogen and oxygen atoms in total. The van der Waals surface area contributed by atoms with Crippen molar-refractivity contribution in [1.29, 1.82) is 0 Å². The number of rotatable bonds is 10. The molecule has 0 spiro atoms. The lowest BCUT2D eigenvalue weighted by Gasteiger charge is -2.24. The van der Waals surface area contributed by atoms with Gasteiger partial charge in [0.05, 0.1) is 41.7 Å². The highest BCUT2D eigenvalue weighted by Crippen LogP contribution is 2.32. The highest BCUT2D eigenvalue weighted by atomic mass is 35.5. The van der Waals surface area contributed by atoms with Crippen LogP contribution in [0.5, 0.6) is 11.5 Å². The maximum atomic E-state index is 13.8. The van der Waals surface area contributed by atoms with Crippen molar-refractivity contribution in [2.24, 2.45) is 5.10 Å². The number of hydrazone groups is 1. The van der Waals surface area contributed by atoms with Crippen molar-refractivity contribution in [1.82, 2.24) is 9.99 Å². The number of carbonyl (C=O) groups excluding carboxylic acids is 1. The summed E-state index contributed by atoms with van der Waals surface area (Å²) in [4.78, 5) is 13.0. The Balaban J connectivity index is 1.59. The summed E-state index contributed by atoms with van der Waals surface area (Å²) in [6.07, 6.45) is 1.49. The van der Waals surface area contributed by atoms with Crippen LogP contribution in [0.25, 0.3) is 5.69 Å². The smallest absolute Gasteiger partial charge is 0.264 e. The normalized spacial score (nSPS) is 11.5. The molecule has 1 heterocycles. The number of hydrogen-bond acceptors (Lipinski definition) is 6. The number of anilines is 1. The second-order valence-electron chi connectivity index (χ2n) is 9.41. The molecule has 0 fully saturated rings. The highest BCUT2D eigenvalue weighted by Gasteiger charge is 2.28. The number of hydrogen-bond donors (Lipinski definition) is 1. The summed E-state index contributed by atoms with van der Waals surface area (Å²) < 4.78 is 41.0. The van der Waals surface area contributed by atoms with Gasteiger partial charge in [0.15, 0.2) is 11.5 Å². The Morgan fingerprint density at radius 3 is 2.31 bits per heavy atom. The molecule has 1 amide bonds. The van der Waals surface area contributed by atoms with E-state index in [0.29, 0.717) is 21.5 Å². The maximum absolute atomic E-state index is 13.8. The minimum Gasteiger partial charge on any atom is -0.493 e. The average molecular weight is 630 g/mol. The summed E-state index contributed by atoms with van der Waals surface area (Å²) in [7, 11) is -1.31. The van der Waals surface area contributed by atoms with Gasteiger partial charge in [-0.3, -0.25) is 9.10 Å². The van der Waals surface area contributed by atoms with E-state index in [1.54, 1.807) is 42.5 Å². The second-order valence-corrected chi connectivity index (χ2v) is 12.1. The average Bonchev–Trinajstić information content (AvgIpc) is 3.25. The van der Waals surface area contributed by atoms with E-state index < -0.39 is 22.5 Å². The molecule has 0 aliphatic carbocycles. The minimum atomic E-state index is -4.19. The molecule has 0 unspecified atom stereocenters. The van der Waals surface area contributed by atoms with Gasteiger partial charge >= 0.3 is 0 Å². The Bertz CT molecular complexity index is 1750. The molecule has 0 saturated heterocycles. The third-order valence-corrected chi connectivity index (χ3v) is 8.89. The number of ether oxygens (including phenoxy) is 2. The molecule has 220 valence electrons. The van der Waals surface area contributed by atoms with Crippen LogP contribution in [-0.4, -0.2) is 45.9 Å². The Kier molecular flexibility index (Phi) is 9.50. The fraction of sp³-hybridized carbons (Fsp3) is 0.200. The van der Waals surface area contributed by atoms with Crippen molar-refractivity contribution >= 4 is 51.0 Å². The van der Waals surface area contributed by atoms with Crippen molar-refractivity contribution in [3.8, 4) is 17.2 Å². The summed E-state index contributed by atoms with van der Waals surface area (Å²) in [5.41, 5.74) is 6.86. The van der Waals surface area contributed by atoms with Crippen LogP contribution in [0.3, 0.4) is 0 Å². The quantitative estimate of drug-likeness (QED) is 0.170. The van der Waals surface area contributed by atoms with E-state index in [1.165, 1.54) is 38.6 Å². The first kappa shape index (κ1) is 31.0. The molecule has 0 aliphatic heterocycles. The molecule has 42 heavy (non-hydrogen) atoms. The van der Waals surface area contributed by atoms with Crippen LogP contribution in [-0.2, 0) is 14.8 Å². The lowest BCUT2D eigenvalue weighted by Crippen LogP contribution is -2.39. The fourth-order valence-corrected chi connectivity index (χ4v) is 6.22. The van der Waals surface area contributed by atoms with Gasteiger partial charge in [-0.15, -0.1) is 0 Å². The van der Waals surface area contributed by atoms with Gasteiger partial charge in [0.25, 0.3) is 15.9 Å². The maximum Gasteiger partial charge on any atom is 0.264 e. The van der Waals surface area contributed by atoms with Crippen molar-refractivity contribution in [2.75, 3.05) is 25.1 Å². The van der Waals surface area contributed by atoms with Gasteiger partial charge in [-0.2, -0.15) is 5.10 Å². The Morgan fingerprint density at radius 2 is 1.64 bits per heavy atom. The van der Waals surface area contributed by atoms with E-state index in [2.05, 4.69) is 10.5 Å². The molecular formula is C30H30Cl2N4O5S. The van der Waals surface area contributed by atoms with Crippen LogP contribution in [0.2, 0.25) is 10.0 Å². The summed E-state index contributed by atoms with van der Waals surface area (Å²) in [6.45, 7) is 5.17. The molecule has 3 aromatic carbocycles. The van der Waals surface area contributed by atoms with E-state index in [1.807, 2.05) is 31.4 Å². The van der Waals surface area contributed by atoms with Crippen LogP contribution in [0.4, 0.5) is 5.69 Å². The highest BCUT2D eigenvalue weighted by molar-refractivity contribution is 7.92. The van der Waals surface area contributed by atoms with Crippen molar-refractivity contribution in [3.05, 3.63) is 99.3 Å². The summed E-state index contributed by atoms with van der Waals surface area (Å²) >= 11 is 12.6. The predicted molar refractivity (Wildman–Crippen MR) is 166 cm³/mol. The Hall–Kier alpha value is -3.99. The molecule has 0 bridgehead atoms. The third kappa shape index (κ3) is 6.56. The minimum absolute atomic E-state index is 0.0656. The summed E-state index contributed by atoms with van der Waals surface area (Å²) in [5.74, 6) is -0.0156. The number of halogens is 2. The van der Waals surface area contributed by atoms with E-state index in [4.69, 9.17) is 32.7 Å². The lowest BCUT2D eigenvalue weighted by molar-refractivity contribution is -0.119. The van der Waals surface area contributed by atoms with E-state index in [9.17, 15) is 13.2 Å². The predicted octanol–water partition coefficient (Wildman–Crippen LogP) is 6.07. The van der Waals surface area contributed by atoms with Crippen LogP contribution < -0.4 is 19.2 Å². The van der Waals surface area contributed by atoms with Crippen molar-refractivity contribution in [2.45, 2.75) is 25.7 Å². The molecule has 1 aromatic heterocycles. The van der Waals surface area contributed by atoms with Crippen LogP contribution in [0.15, 0.2) is 76.7 Å². The van der Waals surface area contributed by atoms with Gasteiger partial charge in [-0.1, -0.05) is 40.9 Å². The number of nitrogens with zero attached hydrogens (tertiary/aromatic N) is 3. The van der Waals surface area contributed by atoms with Gasteiger partial charge in [0, 0.05) is 28.0 Å². The molecule has 12 heteroatoms. The first-order valence-electron chi connectivity index (χ1n) is 12.7. The zero-order valence-electron chi connectivity index (χ0n) is 23.7. The summed E-state index contributed by atoms with van der Waals surface area (Å²) in [6, 6.07) is 18.2. The van der Waals surface area contributed by atoms with Crippen LogP contribution >= 0.6 is 23.2 Å². The zero-order valence-corrected chi connectivity index (χ0v) is 26.0. The number of aryl methyl sites for hydroxylation is 2. The third-order valence-electron chi connectivity index (χ3n) is 6.56. The van der Waals surface area contributed by atoms with Crippen LogP contribution in [0, 0.1) is 20.8 Å². The van der Waals surface area contributed by atoms with E-state index in [0.717, 1.165) is 32.5 Å². The van der Waals surface area contributed by atoms with Crippen molar-refractivity contribution < 1.29 is 22.7 Å². The van der Waals surface area contributed by atoms with Crippen molar-refractivity contribution in [3.63, 3.8) is 0 Å². The van der Waals surface area contributed by atoms with Gasteiger partial charge in [0.1, 0.15) is 6.54 Å². The molecule has 0 saturated carbocycles. The van der Waals surface area contributed by atoms with Crippen LogP contribution in [0.1, 0.15) is 22.5 Å². The standard InChI is InChI=1S/C30H30Cl2N4O5S/c1-19-6-9-24(10-7-19)35(42(38,39)25-11-13-28(40-4)29(16-25)41-5)18-30(37)34-33-17-22-14-20(2)36(21(22)3)27-15-23(31)8-12-26(27)32/h6-17H,18H2,1-5H3,(H,34,37)/b33-17-. The van der Waals surface area contributed by atoms with Gasteiger partial charge in [-0.05, 0) is 69.3 Å². The Labute approximate surface area is 255 Å². The first-order valence-corrected chi connectivity index (χ1v) is 14.9. The number of carbonyl (C=O) groups is 1. The number of methoxy groups -OCH3 is 2. The topological polar surface area (TPSA) is 102 Å². The van der Waals surface area contributed by atoms with E-state index in [-0.39, 0.29) is 10.6 Å². The number of benzene rings is 3. The second kappa shape index (κ2) is 12.9. The van der Waals surface area contributed by atoms with Gasteiger partial charge in [0.2, 0.25) is 0 Å². The lowest BCUT2D eigenvalue weighted by atomic mass is 10.2. The zero-order chi connectivity index (χ0) is 30.6.